The van der Waals surface area contributed by atoms with E-state index in [1.807, 2.05) is 18.2 Å². The maximum Gasteiger partial charge on any atom is 0.315 e. The summed E-state index contributed by atoms with van der Waals surface area (Å²) in [5.41, 5.74) is 1.17. The van der Waals surface area contributed by atoms with Gasteiger partial charge in [0.2, 0.25) is 0 Å². The first-order valence-corrected chi connectivity index (χ1v) is 8.83. The number of carbonyl (C=O) groups is 1. The summed E-state index contributed by atoms with van der Waals surface area (Å²) in [6, 6.07) is 8.22. The molecule has 2 fully saturated rings. The molecule has 0 spiro atoms. The second kappa shape index (κ2) is 7.24. The molecule has 1 aromatic carbocycles. The van der Waals surface area contributed by atoms with E-state index in [0.717, 1.165) is 24.0 Å². The summed E-state index contributed by atoms with van der Waals surface area (Å²) in [6.07, 6.45) is 6.26. The predicted octanol–water partition coefficient (Wildman–Crippen LogP) is 3.36. The predicted molar refractivity (Wildman–Crippen MR) is 91.6 cm³/mol. The lowest BCUT2D eigenvalue weighted by atomic mass is 9.84. The van der Waals surface area contributed by atoms with E-state index in [1.165, 1.54) is 31.2 Å². The van der Waals surface area contributed by atoms with Crippen molar-refractivity contribution >= 4 is 6.03 Å². The van der Waals surface area contributed by atoms with Crippen molar-refractivity contribution < 1.29 is 9.53 Å². The monoisotopic (exact) mass is 316 g/mol. The minimum absolute atomic E-state index is 0.0387. The number of ether oxygens (including phenoxy) is 1. The molecule has 0 heterocycles. The van der Waals surface area contributed by atoms with Gasteiger partial charge in [-0.3, -0.25) is 0 Å². The molecule has 0 aromatic heterocycles. The Morgan fingerprint density at radius 2 is 2.22 bits per heavy atom. The van der Waals surface area contributed by atoms with Crippen LogP contribution in [0.15, 0.2) is 24.3 Å². The average molecular weight is 316 g/mol. The lowest BCUT2D eigenvalue weighted by Crippen LogP contribution is -2.45. The molecule has 2 aliphatic rings. The quantitative estimate of drug-likeness (QED) is 0.845. The van der Waals surface area contributed by atoms with E-state index in [4.69, 9.17) is 4.74 Å². The fourth-order valence-electron chi connectivity index (χ4n) is 4.42. The molecule has 126 valence electrons. The van der Waals surface area contributed by atoms with Gasteiger partial charge in [-0.2, -0.15) is 0 Å². The summed E-state index contributed by atoms with van der Waals surface area (Å²) in [4.78, 5) is 12.1. The first kappa shape index (κ1) is 16.2. The molecule has 1 aromatic rings. The minimum atomic E-state index is -0.0387. The van der Waals surface area contributed by atoms with Gasteiger partial charge >= 0.3 is 6.03 Å². The Hall–Kier alpha value is -1.71. The molecule has 4 unspecified atom stereocenters. The van der Waals surface area contributed by atoms with Crippen LogP contribution in [0.4, 0.5) is 4.79 Å². The van der Waals surface area contributed by atoms with Crippen LogP contribution >= 0.6 is 0 Å². The Labute approximate surface area is 139 Å². The standard InChI is InChI=1S/C19H28N2O2/c1-13(18-12-15-6-7-16(18)10-15)21-19(22)20-9-8-14-4-3-5-17(11-14)23-2/h3-5,11,13,15-16,18H,6-10,12H2,1-2H3,(H2,20,21,22). The van der Waals surface area contributed by atoms with E-state index in [0.29, 0.717) is 12.5 Å². The van der Waals surface area contributed by atoms with Gasteiger partial charge in [0.05, 0.1) is 7.11 Å². The van der Waals surface area contributed by atoms with Gasteiger partial charge in [-0.05, 0) is 68.1 Å². The lowest BCUT2D eigenvalue weighted by Gasteiger charge is -2.28. The first-order chi connectivity index (χ1) is 11.2. The van der Waals surface area contributed by atoms with Gasteiger partial charge in [0.1, 0.15) is 5.75 Å². The Morgan fingerprint density at radius 1 is 1.35 bits per heavy atom. The third kappa shape index (κ3) is 3.98. The van der Waals surface area contributed by atoms with Gasteiger partial charge in [-0.25, -0.2) is 4.79 Å². The van der Waals surface area contributed by atoms with Gasteiger partial charge in [0.25, 0.3) is 0 Å². The van der Waals surface area contributed by atoms with E-state index in [2.05, 4.69) is 23.6 Å². The summed E-state index contributed by atoms with van der Waals surface area (Å²) in [5.74, 6) is 3.30. The molecule has 2 saturated carbocycles. The van der Waals surface area contributed by atoms with Gasteiger partial charge in [-0.1, -0.05) is 18.6 Å². The van der Waals surface area contributed by atoms with Gasteiger partial charge < -0.3 is 15.4 Å². The van der Waals surface area contributed by atoms with E-state index in [1.54, 1.807) is 7.11 Å². The molecule has 4 nitrogen and oxygen atoms in total. The van der Waals surface area contributed by atoms with Gasteiger partial charge in [0, 0.05) is 12.6 Å². The molecular formula is C19H28N2O2. The second-order valence-electron chi connectivity index (χ2n) is 7.13. The van der Waals surface area contributed by atoms with Crippen molar-refractivity contribution in [1.82, 2.24) is 10.6 Å². The van der Waals surface area contributed by atoms with E-state index >= 15 is 0 Å². The third-order valence-electron chi connectivity index (χ3n) is 5.63. The van der Waals surface area contributed by atoms with Crippen molar-refractivity contribution in [2.45, 2.75) is 45.1 Å². The van der Waals surface area contributed by atoms with Crippen molar-refractivity contribution in [3.8, 4) is 5.75 Å². The molecule has 4 heteroatoms. The first-order valence-electron chi connectivity index (χ1n) is 8.83. The second-order valence-corrected chi connectivity index (χ2v) is 7.13. The molecule has 2 bridgehead atoms. The Balaban J connectivity index is 1.39. The largest absolute Gasteiger partial charge is 0.497 e. The highest BCUT2D eigenvalue weighted by Gasteiger charge is 2.42. The Bertz CT molecular complexity index is 546. The van der Waals surface area contributed by atoms with Crippen LogP contribution in [0.3, 0.4) is 0 Å². The highest BCUT2D eigenvalue weighted by molar-refractivity contribution is 5.74. The number of amides is 2. The highest BCUT2D eigenvalue weighted by Crippen LogP contribution is 2.49. The number of carbonyl (C=O) groups excluding carboxylic acids is 1. The maximum absolute atomic E-state index is 12.1. The van der Waals surface area contributed by atoms with Crippen LogP contribution in [0.1, 0.15) is 38.2 Å². The van der Waals surface area contributed by atoms with Crippen LogP contribution in [-0.2, 0) is 6.42 Å². The van der Waals surface area contributed by atoms with Crippen LogP contribution in [-0.4, -0.2) is 25.7 Å². The zero-order valence-electron chi connectivity index (χ0n) is 14.2. The zero-order chi connectivity index (χ0) is 16.2. The van der Waals surface area contributed by atoms with Gasteiger partial charge in [-0.15, -0.1) is 0 Å². The normalized spacial score (nSPS) is 26.8. The highest BCUT2D eigenvalue weighted by atomic mass is 16.5. The fraction of sp³-hybridized carbons (Fsp3) is 0.632. The summed E-state index contributed by atoms with van der Waals surface area (Å²) in [7, 11) is 1.67. The molecule has 2 amide bonds. The molecule has 3 rings (SSSR count). The number of methoxy groups -OCH3 is 1. The molecule has 2 N–H and O–H groups in total. The van der Waals surface area contributed by atoms with Crippen LogP contribution in [0.25, 0.3) is 0 Å². The number of rotatable bonds is 6. The zero-order valence-corrected chi connectivity index (χ0v) is 14.2. The maximum atomic E-state index is 12.1. The lowest BCUT2D eigenvalue weighted by molar-refractivity contribution is 0.220. The van der Waals surface area contributed by atoms with Crippen LogP contribution in [0.2, 0.25) is 0 Å². The molecule has 0 saturated heterocycles. The average Bonchev–Trinajstić information content (AvgIpc) is 3.18. The number of urea groups is 1. The van der Waals surface area contributed by atoms with Crippen molar-refractivity contribution in [1.29, 1.82) is 0 Å². The third-order valence-corrected chi connectivity index (χ3v) is 5.63. The van der Waals surface area contributed by atoms with E-state index in [-0.39, 0.29) is 12.1 Å². The molecular weight excluding hydrogens is 288 g/mol. The number of benzene rings is 1. The Kier molecular flexibility index (Phi) is 5.09. The SMILES string of the molecule is COc1cccc(CCNC(=O)NC(C)C2CC3CCC2C3)c1. The van der Waals surface area contributed by atoms with Crippen LogP contribution < -0.4 is 15.4 Å². The minimum Gasteiger partial charge on any atom is -0.497 e. The summed E-state index contributed by atoms with van der Waals surface area (Å²) in [6.45, 7) is 2.80. The number of hydrogen-bond acceptors (Lipinski definition) is 2. The van der Waals surface area contributed by atoms with Gasteiger partial charge in [0.15, 0.2) is 0 Å². The van der Waals surface area contributed by atoms with Crippen LogP contribution in [0, 0.1) is 17.8 Å². The molecule has 2 aliphatic carbocycles. The summed E-state index contributed by atoms with van der Waals surface area (Å²) >= 11 is 0. The molecule has 23 heavy (non-hydrogen) atoms. The van der Waals surface area contributed by atoms with E-state index < -0.39 is 0 Å². The van der Waals surface area contributed by atoms with Crippen molar-refractivity contribution in [3.63, 3.8) is 0 Å². The number of fused-ring (bicyclic) bond motifs is 2. The molecule has 4 atom stereocenters. The van der Waals surface area contributed by atoms with Crippen LogP contribution in [0.5, 0.6) is 5.75 Å². The van der Waals surface area contributed by atoms with E-state index in [9.17, 15) is 4.79 Å². The topological polar surface area (TPSA) is 50.4 Å². The molecule has 0 radical (unpaired) electrons. The summed E-state index contributed by atoms with van der Waals surface area (Å²) < 4.78 is 5.22. The fourth-order valence-corrected chi connectivity index (χ4v) is 4.42. The number of nitrogens with one attached hydrogen (secondary N) is 2. The molecule has 0 aliphatic heterocycles. The number of hydrogen-bond donors (Lipinski definition) is 2. The van der Waals surface area contributed by atoms with Crippen molar-refractivity contribution in [2.75, 3.05) is 13.7 Å². The smallest absolute Gasteiger partial charge is 0.315 e. The summed E-state index contributed by atoms with van der Waals surface area (Å²) in [5, 5.41) is 6.12. The van der Waals surface area contributed by atoms with Crippen molar-refractivity contribution in [2.24, 2.45) is 17.8 Å². The van der Waals surface area contributed by atoms with Crippen molar-refractivity contribution in [3.05, 3.63) is 29.8 Å². The Morgan fingerprint density at radius 3 is 2.91 bits per heavy atom.